The fraction of sp³-hybridized carbons (Fsp3) is 0.500. The highest BCUT2D eigenvalue weighted by molar-refractivity contribution is 6.31. The Hall–Kier alpha value is -0.810. The molecule has 1 aromatic heterocycles. The van der Waals surface area contributed by atoms with Gasteiger partial charge in [-0.2, -0.15) is 13.2 Å². The number of alkyl halides is 3. The normalized spacial score (nSPS) is 13.8. The number of pyridine rings is 1. The third-order valence-electron chi connectivity index (χ3n) is 2.24. The standard InChI is InChI=1S/C10H12ClF3N2/c1-15-9(2-4-10(12,13)14)7-3-5-16-6-8(7)11/h3,5-6,9,15H,2,4H2,1H3. The van der Waals surface area contributed by atoms with Crippen LogP contribution in [0, 0.1) is 0 Å². The summed E-state index contributed by atoms with van der Waals surface area (Å²) in [4.78, 5) is 3.79. The molecular formula is C10H12ClF3N2. The van der Waals surface area contributed by atoms with Crippen LogP contribution in [-0.2, 0) is 0 Å². The molecule has 1 atom stereocenters. The van der Waals surface area contributed by atoms with E-state index in [9.17, 15) is 13.2 Å². The Kier molecular flexibility index (Phi) is 4.56. The number of halogens is 4. The summed E-state index contributed by atoms with van der Waals surface area (Å²) in [5.74, 6) is 0. The van der Waals surface area contributed by atoms with Crippen LogP contribution in [-0.4, -0.2) is 18.2 Å². The van der Waals surface area contributed by atoms with Gasteiger partial charge in [0.15, 0.2) is 0 Å². The molecule has 0 radical (unpaired) electrons. The summed E-state index contributed by atoms with van der Waals surface area (Å²) in [6, 6.07) is 1.22. The van der Waals surface area contributed by atoms with Gasteiger partial charge in [-0.1, -0.05) is 11.6 Å². The predicted molar refractivity (Wildman–Crippen MR) is 56.3 cm³/mol. The molecule has 0 fully saturated rings. The molecule has 6 heteroatoms. The molecule has 0 spiro atoms. The second-order valence-electron chi connectivity index (χ2n) is 3.39. The van der Waals surface area contributed by atoms with E-state index in [4.69, 9.17) is 11.6 Å². The van der Waals surface area contributed by atoms with E-state index in [1.165, 1.54) is 12.4 Å². The lowest BCUT2D eigenvalue weighted by Gasteiger charge is -2.18. The first-order valence-electron chi connectivity index (χ1n) is 4.77. The molecule has 90 valence electrons. The molecule has 0 aliphatic heterocycles. The van der Waals surface area contributed by atoms with Gasteiger partial charge in [-0.3, -0.25) is 4.98 Å². The Balaban J connectivity index is 2.72. The predicted octanol–water partition coefficient (Wildman–Crippen LogP) is 3.34. The summed E-state index contributed by atoms with van der Waals surface area (Å²) < 4.78 is 36.3. The summed E-state index contributed by atoms with van der Waals surface area (Å²) in [7, 11) is 1.61. The van der Waals surface area contributed by atoms with Crippen molar-refractivity contribution in [3.05, 3.63) is 29.0 Å². The minimum Gasteiger partial charge on any atom is -0.313 e. The average molecular weight is 253 g/mol. The van der Waals surface area contributed by atoms with E-state index < -0.39 is 18.6 Å². The van der Waals surface area contributed by atoms with Gasteiger partial charge in [0.05, 0.1) is 5.02 Å². The summed E-state index contributed by atoms with van der Waals surface area (Å²) in [6.45, 7) is 0. The molecule has 1 unspecified atom stereocenters. The number of aromatic nitrogens is 1. The number of hydrogen-bond donors (Lipinski definition) is 1. The lowest BCUT2D eigenvalue weighted by Crippen LogP contribution is -2.20. The van der Waals surface area contributed by atoms with Crippen molar-refractivity contribution in [2.45, 2.75) is 25.1 Å². The summed E-state index contributed by atoms with van der Waals surface area (Å²) in [6.07, 6.45) is -2.08. The van der Waals surface area contributed by atoms with Crippen LogP contribution in [0.3, 0.4) is 0 Å². The second-order valence-corrected chi connectivity index (χ2v) is 3.80. The van der Waals surface area contributed by atoms with Crippen molar-refractivity contribution < 1.29 is 13.2 Å². The molecule has 0 aliphatic rings. The Morgan fingerprint density at radius 1 is 1.50 bits per heavy atom. The fourth-order valence-electron chi connectivity index (χ4n) is 1.43. The smallest absolute Gasteiger partial charge is 0.313 e. The Labute approximate surface area is 96.8 Å². The van der Waals surface area contributed by atoms with Crippen molar-refractivity contribution in [3.63, 3.8) is 0 Å². The zero-order valence-corrected chi connectivity index (χ0v) is 9.44. The van der Waals surface area contributed by atoms with Gasteiger partial charge < -0.3 is 5.32 Å². The van der Waals surface area contributed by atoms with Crippen LogP contribution < -0.4 is 5.32 Å². The first-order chi connectivity index (χ1) is 7.44. The van der Waals surface area contributed by atoms with Gasteiger partial charge in [0.25, 0.3) is 0 Å². The number of rotatable bonds is 4. The summed E-state index contributed by atoms with van der Waals surface area (Å²) in [5, 5.41) is 3.20. The monoisotopic (exact) mass is 252 g/mol. The molecule has 16 heavy (non-hydrogen) atoms. The van der Waals surface area contributed by atoms with E-state index in [0.29, 0.717) is 10.6 Å². The third kappa shape index (κ3) is 3.98. The van der Waals surface area contributed by atoms with Crippen LogP contribution >= 0.6 is 11.6 Å². The summed E-state index contributed by atoms with van der Waals surface area (Å²) in [5.41, 5.74) is 0.642. The van der Waals surface area contributed by atoms with Crippen LogP contribution in [0.2, 0.25) is 5.02 Å². The average Bonchev–Trinajstić information content (AvgIpc) is 2.20. The van der Waals surface area contributed by atoms with Crippen LogP contribution in [0.5, 0.6) is 0 Å². The highest BCUT2D eigenvalue weighted by Crippen LogP contribution is 2.29. The third-order valence-corrected chi connectivity index (χ3v) is 2.56. The van der Waals surface area contributed by atoms with Crippen LogP contribution in [0.4, 0.5) is 13.2 Å². The van der Waals surface area contributed by atoms with E-state index in [-0.39, 0.29) is 6.42 Å². The van der Waals surface area contributed by atoms with Gasteiger partial charge in [-0.15, -0.1) is 0 Å². The maximum atomic E-state index is 12.1. The van der Waals surface area contributed by atoms with E-state index >= 15 is 0 Å². The molecule has 0 aromatic carbocycles. The van der Waals surface area contributed by atoms with Crippen molar-refractivity contribution >= 4 is 11.6 Å². The van der Waals surface area contributed by atoms with Crippen molar-refractivity contribution in [1.29, 1.82) is 0 Å². The lowest BCUT2D eigenvalue weighted by molar-refractivity contribution is -0.136. The maximum Gasteiger partial charge on any atom is 0.389 e. The van der Waals surface area contributed by atoms with Crippen LogP contribution in [0.1, 0.15) is 24.4 Å². The minimum atomic E-state index is -4.14. The lowest BCUT2D eigenvalue weighted by atomic mass is 10.0. The van der Waals surface area contributed by atoms with Gasteiger partial charge in [0.2, 0.25) is 0 Å². The van der Waals surface area contributed by atoms with Gasteiger partial charge in [0.1, 0.15) is 0 Å². The van der Waals surface area contributed by atoms with E-state index in [1.54, 1.807) is 13.1 Å². The van der Waals surface area contributed by atoms with Gasteiger partial charge in [-0.25, -0.2) is 0 Å². The number of nitrogens with one attached hydrogen (secondary N) is 1. The number of hydrogen-bond acceptors (Lipinski definition) is 2. The molecule has 1 rings (SSSR count). The zero-order chi connectivity index (χ0) is 12.2. The SMILES string of the molecule is CNC(CCC(F)(F)F)c1ccncc1Cl. The van der Waals surface area contributed by atoms with E-state index in [1.807, 2.05) is 0 Å². The molecule has 1 aromatic rings. The molecule has 0 aliphatic carbocycles. The quantitative estimate of drug-likeness (QED) is 0.889. The second kappa shape index (κ2) is 5.50. The van der Waals surface area contributed by atoms with Crippen LogP contribution in [0.25, 0.3) is 0 Å². The Morgan fingerprint density at radius 2 is 2.19 bits per heavy atom. The molecule has 0 amide bonds. The number of nitrogens with zero attached hydrogens (tertiary/aromatic N) is 1. The van der Waals surface area contributed by atoms with Gasteiger partial charge >= 0.3 is 6.18 Å². The molecular weight excluding hydrogens is 241 g/mol. The maximum absolute atomic E-state index is 12.1. The van der Waals surface area contributed by atoms with Crippen LogP contribution in [0.15, 0.2) is 18.5 Å². The molecule has 0 bridgehead atoms. The van der Waals surface area contributed by atoms with Crippen molar-refractivity contribution in [3.8, 4) is 0 Å². The first kappa shape index (κ1) is 13.3. The largest absolute Gasteiger partial charge is 0.389 e. The first-order valence-corrected chi connectivity index (χ1v) is 5.15. The van der Waals surface area contributed by atoms with Gasteiger partial charge in [-0.05, 0) is 25.1 Å². The minimum absolute atomic E-state index is 0.0380. The van der Waals surface area contributed by atoms with E-state index in [0.717, 1.165) is 0 Å². The van der Waals surface area contributed by atoms with Crippen molar-refractivity contribution in [2.75, 3.05) is 7.05 Å². The van der Waals surface area contributed by atoms with E-state index in [2.05, 4.69) is 10.3 Å². The highest BCUT2D eigenvalue weighted by Gasteiger charge is 2.28. The van der Waals surface area contributed by atoms with Crippen molar-refractivity contribution in [1.82, 2.24) is 10.3 Å². The topological polar surface area (TPSA) is 24.9 Å². The molecule has 1 N–H and O–H groups in total. The molecule has 2 nitrogen and oxygen atoms in total. The molecule has 1 heterocycles. The van der Waals surface area contributed by atoms with Crippen molar-refractivity contribution in [2.24, 2.45) is 0 Å². The summed E-state index contributed by atoms with van der Waals surface area (Å²) >= 11 is 5.86. The fourth-order valence-corrected chi connectivity index (χ4v) is 1.68. The zero-order valence-electron chi connectivity index (χ0n) is 8.68. The van der Waals surface area contributed by atoms with Gasteiger partial charge in [0, 0.05) is 24.9 Å². The molecule has 0 saturated carbocycles. The highest BCUT2D eigenvalue weighted by atomic mass is 35.5. The molecule has 0 saturated heterocycles. The Bertz CT molecular complexity index is 341. The Morgan fingerprint density at radius 3 is 2.69 bits per heavy atom.